The van der Waals surface area contributed by atoms with Gasteiger partial charge in [0.2, 0.25) is 0 Å². The van der Waals surface area contributed by atoms with Crippen LogP contribution in [0.3, 0.4) is 0 Å². The molecule has 1 N–H and O–H groups in total. The minimum atomic E-state index is 0.466. The Morgan fingerprint density at radius 3 is 3.04 bits per heavy atom. The molecule has 0 unspecified atom stereocenters. The van der Waals surface area contributed by atoms with Crippen molar-refractivity contribution in [3.63, 3.8) is 0 Å². The predicted molar refractivity (Wildman–Crippen MR) is 110 cm³/mol. The second-order valence-electron chi connectivity index (χ2n) is 6.52. The lowest BCUT2D eigenvalue weighted by Gasteiger charge is -2.12. The zero-order chi connectivity index (χ0) is 18.8. The molecule has 0 bridgehead atoms. The Morgan fingerprint density at radius 2 is 2.26 bits per heavy atom. The summed E-state index contributed by atoms with van der Waals surface area (Å²) in [6.07, 6.45) is 6.12. The molecule has 3 heterocycles. The van der Waals surface area contributed by atoms with Crippen molar-refractivity contribution in [2.24, 2.45) is 0 Å². The smallest absolute Gasteiger partial charge is 0.121 e. The third kappa shape index (κ3) is 3.16. The van der Waals surface area contributed by atoms with Gasteiger partial charge in [0.1, 0.15) is 18.1 Å². The topological polar surface area (TPSA) is 52.0 Å². The van der Waals surface area contributed by atoms with Gasteiger partial charge in [-0.3, -0.25) is 9.67 Å². The van der Waals surface area contributed by atoms with Crippen molar-refractivity contribution in [2.75, 3.05) is 19.5 Å². The molecule has 1 aromatic carbocycles. The fraction of sp³-hybridized carbons (Fsp3) is 0.333. The van der Waals surface area contributed by atoms with Crippen molar-refractivity contribution >= 4 is 28.2 Å². The highest BCUT2D eigenvalue weighted by molar-refractivity contribution is 6.18. The van der Waals surface area contributed by atoms with E-state index in [0.717, 1.165) is 53.0 Å². The van der Waals surface area contributed by atoms with E-state index in [1.165, 1.54) is 11.3 Å². The molecular weight excluding hydrogens is 360 g/mol. The Hall–Kier alpha value is -2.53. The Morgan fingerprint density at radius 1 is 1.37 bits per heavy atom. The van der Waals surface area contributed by atoms with Gasteiger partial charge in [-0.05, 0) is 43.5 Å². The Bertz CT molecular complexity index is 1010. The number of nitrogens with one attached hydrogen (secondary N) is 1. The van der Waals surface area contributed by atoms with E-state index >= 15 is 0 Å². The lowest BCUT2D eigenvalue weighted by Crippen LogP contribution is -2.07. The molecule has 6 heteroatoms. The fourth-order valence-corrected chi connectivity index (χ4v) is 3.87. The highest BCUT2D eigenvalue weighted by atomic mass is 35.5. The summed E-state index contributed by atoms with van der Waals surface area (Å²) in [6.45, 7) is 3.49. The van der Waals surface area contributed by atoms with Gasteiger partial charge in [0.05, 0.1) is 17.1 Å². The molecule has 0 saturated heterocycles. The van der Waals surface area contributed by atoms with E-state index < -0.39 is 0 Å². The van der Waals surface area contributed by atoms with Crippen LogP contribution in [0.2, 0.25) is 0 Å². The number of benzene rings is 1. The number of hydrogen-bond donors (Lipinski definition) is 1. The van der Waals surface area contributed by atoms with Crippen LogP contribution in [0.4, 0.5) is 0 Å². The molecule has 0 aliphatic carbocycles. The number of aryl methyl sites for hydroxylation is 1. The van der Waals surface area contributed by atoms with Gasteiger partial charge in [-0.2, -0.15) is 5.10 Å². The second-order valence-corrected chi connectivity index (χ2v) is 6.90. The molecule has 4 rings (SSSR count). The molecule has 1 aliphatic rings. The van der Waals surface area contributed by atoms with Crippen molar-refractivity contribution in [1.29, 1.82) is 0 Å². The van der Waals surface area contributed by atoms with E-state index in [9.17, 15) is 0 Å². The number of nitrogens with zero attached hydrogens (tertiary/aromatic N) is 3. The molecule has 2 aromatic heterocycles. The van der Waals surface area contributed by atoms with Crippen LogP contribution < -0.4 is 10.1 Å². The summed E-state index contributed by atoms with van der Waals surface area (Å²) in [4.78, 5) is 4.56. The number of hydrogen-bond acceptors (Lipinski definition) is 4. The van der Waals surface area contributed by atoms with Gasteiger partial charge in [-0.15, -0.1) is 11.6 Å². The van der Waals surface area contributed by atoms with Crippen LogP contribution in [-0.2, 0) is 13.0 Å². The maximum absolute atomic E-state index is 5.73. The van der Waals surface area contributed by atoms with E-state index in [-0.39, 0.29) is 0 Å². The number of pyridine rings is 1. The summed E-state index contributed by atoms with van der Waals surface area (Å²) < 4.78 is 7.81. The molecule has 0 radical (unpaired) electrons. The molecule has 3 aromatic rings. The van der Waals surface area contributed by atoms with Gasteiger partial charge in [0.25, 0.3) is 0 Å². The van der Waals surface area contributed by atoms with Crippen LogP contribution in [0.25, 0.3) is 27.7 Å². The SMILES string of the molecule is CC=C(NC)c1nn2c(c1-c1ccnc3cc(OCCCl)ccc13)CCC2. The molecule has 140 valence electrons. The number of fused-ring (bicyclic) bond motifs is 2. The second kappa shape index (κ2) is 7.61. The zero-order valence-electron chi connectivity index (χ0n) is 15.6. The minimum absolute atomic E-state index is 0.466. The summed E-state index contributed by atoms with van der Waals surface area (Å²) >= 11 is 5.73. The van der Waals surface area contributed by atoms with Crippen LogP contribution in [0.1, 0.15) is 24.7 Å². The molecule has 1 aliphatic heterocycles. The van der Waals surface area contributed by atoms with Gasteiger partial charge in [0, 0.05) is 42.5 Å². The van der Waals surface area contributed by atoms with Gasteiger partial charge in [0.15, 0.2) is 0 Å². The van der Waals surface area contributed by atoms with E-state index in [0.29, 0.717) is 12.5 Å². The summed E-state index contributed by atoms with van der Waals surface area (Å²) in [5.74, 6) is 1.26. The molecule has 5 nitrogen and oxygen atoms in total. The number of alkyl halides is 1. The van der Waals surface area contributed by atoms with Crippen LogP contribution in [0, 0.1) is 0 Å². The van der Waals surface area contributed by atoms with Crippen LogP contribution in [0.15, 0.2) is 36.5 Å². The van der Waals surface area contributed by atoms with E-state index in [1.807, 2.05) is 32.3 Å². The van der Waals surface area contributed by atoms with Crippen molar-refractivity contribution in [1.82, 2.24) is 20.1 Å². The molecule has 0 atom stereocenters. The van der Waals surface area contributed by atoms with Gasteiger partial charge in [-0.25, -0.2) is 0 Å². The van der Waals surface area contributed by atoms with Crippen LogP contribution in [0.5, 0.6) is 5.75 Å². The summed E-state index contributed by atoms with van der Waals surface area (Å²) in [7, 11) is 1.94. The number of halogens is 1. The molecular formula is C21H23ClN4O. The normalized spacial score (nSPS) is 13.8. The Balaban J connectivity index is 1.90. The molecule has 0 saturated carbocycles. The first-order valence-corrected chi connectivity index (χ1v) is 9.82. The average Bonchev–Trinajstić information content (AvgIpc) is 3.28. The first-order valence-electron chi connectivity index (χ1n) is 9.28. The largest absolute Gasteiger partial charge is 0.492 e. The summed E-state index contributed by atoms with van der Waals surface area (Å²) in [6, 6.07) is 8.13. The third-order valence-corrected chi connectivity index (χ3v) is 5.14. The summed E-state index contributed by atoms with van der Waals surface area (Å²) in [5.41, 5.74) is 6.63. The average molecular weight is 383 g/mol. The van der Waals surface area contributed by atoms with Crippen molar-refractivity contribution in [3.05, 3.63) is 47.9 Å². The van der Waals surface area contributed by atoms with Gasteiger partial charge in [-0.1, -0.05) is 6.08 Å². The number of allylic oxidation sites excluding steroid dienone is 1. The van der Waals surface area contributed by atoms with Gasteiger partial charge < -0.3 is 10.1 Å². The molecule has 0 spiro atoms. The molecule has 0 amide bonds. The highest BCUT2D eigenvalue weighted by Crippen LogP contribution is 2.38. The third-order valence-electron chi connectivity index (χ3n) is 4.98. The zero-order valence-corrected chi connectivity index (χ0v) is 16.4. The van der Waals surface area contributed by atoms with Crippen LogP contribution >= 0.6 is 11.6 Å². The number of ether oxygens (including phenoxy) is 1. The lowest BCUT2D eigenvalue weighted by atomic mass is 9.96. The van der Waals surface area contributed by atoms with E-state index in [2.05, 4.69) is 33.2 Å². The van der Waals surface area contributed by atoms with Crippen molar-refractivity contribution in [3.8, 4) is 16.9 Å². The number of aromatic nitrogens is 3. The fourth-order valence-electron chi connectivity index (χ4n) is 3.80. The predicted octanol–water partition coefficient (Wildman–Crippen LogP) is 4.24. The first kappa shape index (κ1) is 17.9. The Labute approximate surface area is 164 Å². The first-order chi connectivity index (χ1) is 13.3. The van der Waals surface area contributed by atoms with Crippen molar-refractivity contribution < 1.29 is 4.74 Å². The standard InChI is InChI=1S/C21H23ClN4O/c1-3-17(23-2)21-20(19-5-4-11-26(19)25-21)16-8-10-24-18-13-14(27-12-9-22)6-7-15(16)18/h3,6-8,10,13,23H,4-5,9,11-12H2,1-2H3. The maximum atomic E-state index is 5.73. The van der Waals surface area contributed by atoms with E-state index in [4.69, 9.17) is 21.4 Å². The van der Waals surface area contributed by atoms with Gasteiger partial charge >= 0.3 is 0 Å². The highest BCUT2D eigenvalue weighted by Gasteiger charge is 2.25. The summed E-state index contributed by atoms with van der Waals surface area (Å²) in [5, 5.41) is 9.29. The monoisotopic (exact) mass is 382 g/mol. The van der Waals surface area contributed by atoms with E-state index in [1.54, 1.807) is 0 Å². The Kier molecular flexibility index (Phi) is 5.03. The quantitative estimate of drug-likeness (QED) is 0.648. The minimum Gasteiger partial charge on any atom is -0.492 e. The van der Waals surface area contributed by atoms with Crippen LogP contribution in [-0.4, -0.2) is 34.3 Å². The lowest BCUT2D eigenvalue weighted by molar-refractivity contribution is 0.343. The molecule has 27 heavy (non-hydrogen) atoms. The van der Waals surface area contributed by atoms with Crippen molar-refractivity contribution in [2.45, 2.75) is 26.3 Å². The number of rotatable bonds is 6. The maximum Gasteiger partial charge on any atom is 0.121 e. The molecule has 0 fully saturated rings.